The number of likely N-dealkylation sites (N-methyl/N-ethyl adjacent to an activating group) is 1. The molecule has 21 heavy (non-hydrogen) atoms. The summed E-state index contributed by atoms with van der Waals surface area (Å²) >= 11 is 5.97. The maximum atomic E-state index is 5.97. The quantitative estimate of drug-likeness (QED) is 0.768. The zero-order valence-electron chi connectivity index (χ0n) is 12.2. The molecular formula is C15H21Cl3N2O. The average Bonchev–Trinajstić information content (AvgIpc) is 2.43. The fourth-order valence-corrected chi connectivity index (χ4v) is 2.21. The molecule has 3 nitrogen and oxygen atoms in total. The molecule has 0 bridgehead atoms. The summed E-state index contributed by atoms with van der Waals surface area (Å²) in [5, 5.41) is 1.70. The van der Waals surface area contributed by atoms with Gasteiger partial charge >= 0.3 is 0 Å². The van der Waals surface area contributed by atoms with E-state index in [1.165, 1.54) is 0 Å². The van der Waals surface area contributed by atoms with Gasteiger partial charge in [0.05, 0.1) is 5.52 Å². The van der Waals surface area contributed by atoms with Gasteiger partial charge in [-0.05, 0) is 37.4 Å². The molecule has 0 aliphatic heterocycles. The molecule has 1 heterocycles. The van der Waals surface area contributed by atoms with Crippen LogP contribution in [0.1, 0.15) is 13.8 Å². The van der Waals surface area contributed by atoms with Crippen molar-refractivity contribution in [3.8, 4) is 5.75 Å². The van der Waals surface area contributed by atoms with Crippen molar-refractivity contribution in [2.75, 3.05) is 26.2 Å². The number of benzene rings is 1. The summed E-state index contributed by atoms with van der Waals surface area (Å²) in [6, 6.07) is 7.58. The molecule has 0 fully saturated rings. The van der Waals surface area contributed by atoms with Gasteiger partial charge in [-0.1, -0.05) is 25.4 Å². The molecule has 2 aromatic rings. The van der Waals surface area contributed by atoms with E-state index in [2.05, 4.69) is 23.7 Å². The van der Waals surface area contributed by atoms with Crippen molar-refractivity contribution in [2.45, 2.75) is 13.8 Å². The molecule has 0 radical (unpaired) electrons. The number of rotatable bonds is 6. The normalized spacial score (nSPS) is 10.1. The molecule has 118 valence electrons. The van der Waals surface area contributed by atoms with Crippen molar-refractivity contribution in [3.05, 3.63) is 35.5 Å². The summed E-state index contributed by atoms with van der Waals surface area (Å²) in [6.07, 6.45) is 1.76. The van der Waals surface area contributed by atoms with E-state index >= 15 is 0 Å². The molecule has 0 spiro atoms. The highest BCUT2D eigenvalue weighted by Gasteiger charge is 2.05. The Morgan fingerprint density at radius 2 is 1.86 bits per heavy atom. The lowest BCUT2D eigenvalue weighted by Crippen LogP contribution is -2.27. The minimum atomic E-state index is 0. The van der Waals surface area contributed by atoms with E-state index in [1.54, 1.807) is 6.20 Å². The molecule has 0 unspecified atom stereocenters. The SMILES string of the molecule is CCN(CC)CCOc1ccnc2cc(Cl)ccc12.Cl.Cl. The topological polar surface area (TPSA) is 25.4 Å². The smallest absolute Gasteiger partial charge is 0.130 e. The Morgan fingerprint density at radius 3 is 2.52 bits per heavy atom. The van der Waals surface area contributed by atoms with Crippen LogP contribution in [0, 0.1) is 0 Å². The van der Waals surface area contributed by atoms with Gasteiger partial charge in [0.1, 0.15) is 12.4 Å². The predicted octanol–water partition coefficient (Wildman–Crippen LogP) is 4.45. The van der Waals surface area contributed by atoms with Crippen LogP contribution in [0.4, 0.5) is 0 Å². The maximum Gasteiger partial charge on any atom is 0.130 e. The summed E-state index contributed by atoms with van der Waals surface area (Å²) in [5.41, 5.74) is 0.868. The Bertz CT molecular complexity index is 547. The van der Waals surface area contributed by atoms with Crippen LogP contribution in [0.2, 0.25) is 5.02 Å². The van der Waals surface area contributed by atoms with Gasteiger partial charge in [-0.2, -0.15) is 0 Å². The number of nitrogens with zero attached hydrogens (tertiary/aromatic N) is 2. The van der Waals surface area contributed by atoms with Crippen LogP contribution >= 0.6 is 36.4 Å². The van der Waals surface area contributed by atoms with Crippen LogP contribution in [0.15, 0.2) is 30.5 Å². The third-order valence-corrected chi connectivity index (χ3v) is 3.46. The third kappa shape index (κ3) is 5.51. The van der Waals surface area contributed by atoms with Crippen LogP contribution < -0.4 is 4.74 Å². The van der Waals surface area contributed by atoms with Gasteiger partial charge in [-0.15, -0.1) is 24.8 Å². The number of aromatic nitrogens is 1. The van der Waals surface area contributed by atoms with Gasteiger partial charge in [-0.25, -0.2) is 0 Å². The predicted molar refractivity (Wildman–Crippen MR) is 94.5 cm³/mol. The lowest BCUT2D eigenvalue weighted by Gasteiger charge is -2.18. The van der Waals surface area contributed by atoms with E-state index < -0.39 is 0 Å². The molecule has 2 rings (SSSR count). The van der Waals surface area contributed by atoms with E-state index in [4.69, 9.17) is 16.3 Å². The minimum absolute atomic E-state index is 0. The molecule has 0 N–H and O–H groups in total. The summed E-state index contributed by atoms with van der Waals surface area (Å²) in [5.74, 6) is 0.869. The first-order valence-electron chi connectivity index (χ1n) is 6.64. The highest BCUT2D eigenvalue weighted by Crippen LogP contribution is 2.26. The standard InChI is InChI=1S/C15H19ClN2O.2ClH/c1-3-18(4-2)9-10-19-15-7-8-17-14-11-12(16)5-6-13(14)15;;/h5-8,11H,3-4,9-10H2,1-2H3;2*1H. The number of ether oxygens (including phenoxy) is 1. The molecule has 0 aliphatic carbocycles. The first-order valence-corrected chi connectivity index (χ1v) is 7.01. The van der Waals surface area contributed by atoms with Crippen LogP contribution in [-0.2, 0) is 0 Å². The highest BCUT2D eigenvalue weighted by molar-refractivity contribution is 6.31. The van der Waals surface area contributed by atoms with Gasteiger partial charge in [-0.3, -0.25) is 4.98 Å². The Labute approximate surface area is 143 Å². The maximum absolute atomic E-state index is 5.97. The number of fused-ring (bicyclic) bond motifs is 1. The van der Waals surface area contributed by atoms with Crippen molar-refractivity contribution in [3.63, 3.8) is 0 Å². The molecule has 0 amide bonds. The summed E-state index contributed by atoms with van der Waals surface area (Å²) < 4.78 is 5.87. The Morgan fingerprint density at radius 1 is 1.14 bits per heavy atom. The Balaban J connectivity index is 0.00000200. The van der Waals surface area contributed by atoms with E-state index in [1.807, 2.05) is 24.3 Å². The number of hydrogen-bond acceptors (Lipinski definition) is 3. The van der Waals surface area contributed by atoms with Gasteiger partial charge < -0.3 is 9.64 Å². The lowest BCUT2D eigenvalue weighted by atomic mass is 10.2. The van der Waals surface area contributed by atoms with Gasteiger partial charge in [0, 0.05) is 23.2 Å². The fraction of sp³-hybridized carbons (Fsp3) is 0.400. The second-order valence-corrected chi connectivity index (χ2v) is 4.78. The largest absolute Gasteiger partial charge is 0.491 e. The van der Waals surface area contributed by atoms with Crippen molar-refractivity contribution >= 4 is 47.3 Å². The van der Waals surface area contributed by atoms with Gasteiger partial charge in [0.15, 0.2) is 0 Å². The average molecular weight is 352 g/mol. The van der Waals surface area contributed by atoms with Crippen LogP contribution in [0.5, 0.6) is 5.75 Å². The second-order valence-electron chi connectivity index (χ2n) is 4.35. The first-order chi connectivity index (χ1) is 9.24. The van der Waals surface area contributed by atoms with E-state index in [9.17, 15) is 0 Å². The molecule has 0 saturated carbocycles. The van der Waals surface area contributed by atoms with Crippen LogP contribution in [0.25, 0.3) is 10.9 Å². The van der Waals surface area contributed by atoms with Crippen LogP contribution in [0.3, 0.4) is 0 Å². The van der Waals surface area contributed by atoms with Crippen molar-refractivity contribution in [2.24, 2.45) is 0 Å². The minimum Gasteiger partial charge on any atom is -0.491 e. The molecule has 6 heteroatoms. The lowest BCUT2D eigenvalue weighted by molar-refractivity contribution is 0.224. The molecule has 1 aromatic carbocycles. The summed E-state index contributed by atoms with van der Waals surface area (Å²) in [6.45, 7) is 8.04. The van der Waals surface area contributed by atoms with Gasteiger partial charge in [0.25, 0.3) is 0 Å². The zero-order valence-corrected chi connectivity index (χ0v) is 14.6. The molecule has 1 aromatic heterocycles. The molecule has 0 atom stereocenters. The highest BCUT2D eigenvalue weighted by atomic mass is 35.5. The van der Waals surface area contributed by atoms with Crippen molar-refractivity contribution < 1.29 is 4.74 Å². The zero-order chi connectivity index (χ0) is 13.7. The monoisotopic (exact) mass is 350 g/mol. The third-order valence-electron chi connectivity index (χ3n) is 3.22. The molecule has 0 aliphatic rings. The second kappa shape index (κ2) is 10.1. The summed E-state index contributed by atoms with van der Waals surface area (Å²) in [7, 11) is 0. The van der Waals surface area contributed by atoms with E-state index in [0.29, 0.717) is 11.6 Å². The number of hydrogen-bond donors (Lipinski definition) is 0. The molecular weight excluding hydrogens is 331 g/mol. The number of halogens is 3. The van der Waals surface area contributed by atoms with Crippen LogP contribution in [-0.4, -0.2) is 36.1 Å². The molecule has 0 saturated heterocycles. The van der Waals surface area contributed by atoms with Crippen molar-refractivity contribution in [1.29, 1.82) is 0 Å². The number of pyridine rings is 1. The fourth-order valence-electron chi connectivity index (χ4n) is 2.05. The van der Waals surface area contributed by atoms with E-state index in [-0.39, 0.29) is 24.8 Å². The van der Waals surface area contributed by atoms with Crippen molar-refractivity contribution in [1.82, 2.24) is 9.88 Å². The Kier molecular flexibility index (Phi) is 9.71. The van der Waals surface area contributed by atoms with Gasteiger partial charge in [0.2, 0.25) is 0 Å². The first kappa shape index (κ1) is 20.3. The Hall–Kier alpha value is -0.740. The van der Waals surface area contributed by atoms with E-state index in [0.717, 1.165) is 36.3 Å². The summed E-state index contributed by atoms with van der Waals surface area (Å²) in [4.78, 5) is 6.64.